The van der Waals surface area contributed by atoms with E-state index in [1.165, 1.54) is 0 Å². The molecule has 246 valence electrons. The average Bonchev–Trinajstić information content (AvgIpc) is 2.94. The maximum absolute atomic E-state index is 10.7. The first-order valence-corrected chi connectivity index (χ1v) is 14.8. The minimum atomic E-state index is -10.7. The van der Waals surface area contributed by atoms with Crippen molar-refractivity contribution in [2.75, 3.05) is 75.7 Å². The zero-order valence-electron chi connectivity index (χ0n) is 26.1. The van der Waals surface area contributed by atoms with Crippen molar-refractivity contribution in [3.63, 3.8) is 0 Å². The molecule has 0 fully saturated rings. The van der Waals surface area contributed by atoms with E-state index in [0.717, 1.165) is 11.4 Å². The second kappa shape index (κ2) is 12.9. The molecule has 0 bridgehead atoms. The van der Waals surface area contributed by atoms with Crippen LogP contribution in [0.4, 0.5) is 30.9 Å². The molecule has 44 heavy (non-hydrogen) atoms. The summed E-state index contributed by atoms with van der Waals surface area (Å²) >= 11 is 0. The van der Waals surface area contributed by atoms with Crippen LogP contribution in [0.1, 0.15) is 11.1 Å². The second-order valence-corrected chi connectivity index (χ2v) is 11.5. The summed E-state index contributed by atoms with van der Waals surface area (Å²) < 4.78 is 96.7. The van der Waals surface area contributed by atoms with Crippen LogP contribution in [0.3, 0.4) is 0 Å². The molecule has 1 aliphatic rings. The van der Waals surface area contributed by atoms with Crippen molar-refractivity contribution in [3.05, 3.63) is 70.7 Å². The Morgan fingerprint density at radius 3 is 1.30 bits per heavy atom. The number of hydrogen-bond acceptors (Lipinski definition) is 7. The Bertz CT molecular complexity index is 1430. The van der Waals surface area contributed by atoms with Crippen LogP contribution in [0.2, 0.25) is 0 Å². The molecule has 1 aliphatic carbocycles. The molecule has 0 heterocycles. The predicted octanol–water partition coefficient (Wildman–Crippen LogP) is 7.76. The van der Waals surface area contributed by atoms with E-state index in [1.54, 1.807) is 42.7 Å². The molecular formula is C29H37F6N2O6P. The molecule has 0 aromatic heterocycles. The Morgan fingerprint density at radius 2 is 1.00 bits per heavy atom. The van der Waals surface area contributed by atoms with E-state index in [9.17, 15) is 25.2 Å². The normalized spacial score (nSPS) is 14.5. The van der Waals surface area contributed by atoms with Gasteiger partial charge < -0.3 is 33.3 Å². The molecule has 15 heteroatoms. The summed E-state index contributed by atoms with van der Waals surface area (Å²) in [6.45, 7) is 0. The third kappa shape index (κ3) is 9.47. The Morgan fingerprint density at radius 1 is 0.636 bits per heavy atom. The van der Waals surface area contributed by atoms with E-state index in [2.05, 4.69) is 0 Å². The van der Waals surface area contributed by atoms with Crippen molar-refractivity contribution in [2.45, 2.75) is 0 Å². The molecular weight excluding hydrogens is 617 g/mol. The summed E-state index contributed by atoms with van der Waals surface area (Å²) in [5.74, 6) is 3.63. The number of rotatable bonds is 9. The number of anilines is 1. The van der Waals surface area contributed by atoms with Crippen LogP contribution in [0.15, 0.2) is 59.6 Å². The first-order valence-electron chi connectivity index (χ1n) is 12.7. The van der Waals surface area contributed by atoms with Gasteiger partial charge in [-0.2, -0.15) is 0 Å². The van der Waals surface area contributed by atoms with Gasteiger partial charge in [-0.1, -0.05) is 6.07 Å². The van der Waals surface area contributed by atoms with Gasteiger partial charge in [0.15, 0.2) is 0 Å². The van der Waals surface area contributed by atoms with Gasteiger partial charge in [-0.15, -0.1) is 0 Å². The van der Waals surface area contributed by atoms with Gasteiger partial charge >= 0.3 is 33.0 Å². The van der Waals surface area contributed by atoms with Crippen molar-refractivity contribution >= 4 is 24.8 Å². The predicted molar refractivity (Wildman–Crippen MR) is 160 cm³/mol. The van der Waals surface area contributed by atoms with Crippen LogP contribution in [0.25, 0.3) is 5.57 Å². The number of nitrogens with zero attached hydrogens (tertiary/aromatic N) is 2. The molecule has 0 unspecified atom stereocenters. The zero-order chi connectivity index (χ0) is 33.7. The van der Waals surface area contributed by atoms with E-state index in [4.69, 9.17) is 28.4 Å². The molecule has 3 rings (SSSR count). The summed E-state index contributed by atoms with van der Waals surface area (Å²) in [6.07, 6.45) is 3.93. The molecule has 0 amide bonds. The quantitative estimate of drug-likeness (QED) is 0.156. The summed E-state index contributed by atoms with van der Waals surface area (Å²) in [4.78, 5) is 1.99. The van der Waals surface area contributed by atoms with Gasteiger partial charge in [0.05, 0.1) is 71.5 Å². The molecule has 2 aromatic carbocycles. The summed E-state index contributed by atoms with van der Waals surface area (Å²) in [5.41, 5.74) is 4.67. The third-order valence-corrected chi connectivity index (χ3v) is 6.19. The molecule has 0 saturated carbocycles. The van der Waals surface area contributed by atoms with Crippen LogP contribution >= 0.6 is 7.81 Å². The van der Waals surface area contributed by atoms with Gasteiger partial charge in [0.2, 0.25) is 5.71 Å². The molecule has 0 saturated heterocycles. The van der Waals surface area contributed by atoms with Crippen molar-refractivity contribution in [2.24, 2.45) is 0 Å². The van der Waals surface area contributed by atoms with Gasteiger partial charge in [-0.3, -0.25) is 0 Å². The van der Waals surface area contributed by atoms with Crippen LogP contribution in [-0.4, -0.2) is 81.1 Å². The fourth-order valence-electron chi connectivity index (χ4n) is 4.28. The van der Waals surface area contributed by atoms with Crippen LogP contribution in [0.5, 0.6) is 23.0 Å². The average molecular weight is 655 g/mol. The van der Waals surface area contributed by atoms with Crippen LogP contribution in [-0.2, 0) is 9.47 Å². The first kappa shape index (κ1) is 36.1. The van der Waals surface area contributed by atoms with Crippen molar-refractivity contribution < 1.29 is 58.2 Å². The van der Waals surface area contributed by atoms with Crippen LogP contribution in [0, 0.1) is 0 Å². The van der Waals surface area contributed by atoms with E-state index in [1.807, 2.05) is 80.1 Å². The van der Waals surface area contributed by atoms with Gasteiger partial charge in [0, 0.05) is 37.5 Å². The van der Waals surface area contributed by atoms with Gasteiger partial charge in [0.25, 0.3) is 0 Å². The SMILES string of the molecule is COC1=CC(=[N+](C)C)C=C(OC)C1=C(c1c(OC)cccc1OC)c1c(OC)cc(N(C)C)cc1OC.F[P-](F)(F)(F)(F)F. The number of benzene rings is 2. The monoisotopic (exact) mass is 654 g/mol. The van der Waals surface area contributed by atoms with Gasteiger partial charge in [-0.05, 0) is 12.1 Å². The van der Waals surface area contributed by atoms with E-state index in [0.29, 0.717) is 56.8 Å². The number of methoxy groups -OCH3 is 6. The number of allylic oxidation sites excluding steroid dienone is 2. The van der Waals surface area contributed by atoms with Gasteiger partial charge in [-0.25, -0.2) is 4.58 Å². The van der Waals surface area contributed by atoms with Gasteiger partial charge in [0.1, 0.15) is 48.6 Å². The molecule has 0 spiro atoms. The zero-order valence-corrected chi connectivity index (χ0v) is 27.0. The maximum atomic E-state index is 9.87. The van der Waals surface area contributed by atoms with E-state index in [-0.39, 0.29) is 0 Å². The fraction of sp³-hybridized carbons (Fsp3) is 0.345. The van der Waals surface area contributed by atoms with Crippen molar-refractivity contribution in [1.29, 1.82) is 0 Å². The topological polar surface area (TPSA) is 61.6 Å². The second-order valence-electron chi connectivity index (χ2n) is 9.61. The van der Waals surface area contributed by atoms with Crippen molar-refractivity contribution in [3.8, 4) is 23.0 Å². The Labute approximate surface area is 252 Å². The van der Waals surface area contributed by atoms with E-state index >= 15 is 0 Å². The molecule has 0 aliphatic heterocycles. The number of halogens is 6. The minimum absolute atomic E-state index is 0.604. The summed E-state index contributed by atoms with van der Waals surface area (Å²) in [6, 6.07) is 9.59. The molecule has 0 radical (unpaired) electrons. The standard InChI is InChI=1S/C29H37N2O6.F6P/c1-30(2)18-14-22(34-7)27(23(15-18)35-8)29(26-20(32-5)12-11-13-21(26)33-6)28-24(36-9)16-19(31(3)4)17-25(28)37-10;1-7(2,3,4,5)6/h11-17H,1-10H3;/q+1;-1. The van der Waals surface area contributed by atoms with E-state index < -0.39 is 7.81 Å². The fourth-order valence-corrected chi connectivity index (χ4v) is 4.28. The molecule has 0 N–H and O–H groups in total. The number of hydrogen-bond donors (Lipinski definition) is 0. The summed E-state index contributed by atoms with van der Waals surface area (Å²) in [5, 5.41) is 0. The molecule has 8 nitrogen and oxygen atoms in total. The number of ether oxygens (including phenoxy) is 6. The molecule has 2 aromatic rings. The van der Waals surface area contributed by atoms with Crippen molar-refractivity contribution in [1.82, 2.24) is 0 Å². The van der Waals surface area contributed by atoms with Crippen LogP contribution < -0.4 is 23.8 Å². The third-order valence-electron chi connectivity index (χ3n) is 6.19. The first-order chi connectivity index (χ1) is 20.2. The Hall–Kier alpha value is -4.06. The Kier molecular flexibility index (Phi) is 10.6. The summed E-state index contributed by atoms with van der Waals surface area (Å²) in [7, 11) is 7.01. The molecule has 0 atom stereocenters. The Balaban J connectivity index is 0.000000860.